The summed E-state index contributed by atoms with van der Waals surface area (Å²) in [6.45, 7) is 8.74. The number of aliphatic hydroxyl groups excluding tert-OH is 1. The summed E-state index contributed by atoms with van der Waals surface area (Å²) in [6, 6.07) is 5.04. The number of alkyl carbamates (subject to hydrolysis) is 2. The minimum Gasteiger partial charge on any atom is -0.455 e. The number of hydrogen-bond acceptors (Lipinski definition) is 25. The number of azide groups is 1. The van der Waals surface area contributed by atoms with Crippen LogP contribution in [0.2, 0.25) is 0 Å². The Hall–Kier alpha value is -6.16. The van der Waals surface area contributed by atoms with Crippen LogP contribution in [-0.2, 0) is 62.6 Å². The molecule has 0 aliphatic carbocycles. The molecule has 5 heterocycles. The highest BCUT2D eigenvalue weighted by Gasteiger charge is 2.50. The summed E-state index contributed by atoms with van der Waals surface area (Å²) in [5, 5.41) is 23.3. The number of hydrogen-bond donors (Lipinski definition) is 9. The topological polar surface area (TPSA) is 473 Å². The Morgan fingerprint density at radius 2 is 1.65 bits per heavy atom. The molecule has 2 saturated heterocycles. The number of unbranched alkanes of at least 4 members (excludes halogenated alkanes) is 1. The minimum atomic E-state index is -5.33. The van der Waals surface area contributed by atoms with Crippen LogP contribution in [0.5, 0.6) is 0 Å². The third-order valence-corrected chi connectivity index (χ3v) is 16.3. The number of anilines is 2. The Morgan fingerprint density at radius 1 is 0.939 bits per heavy atom. The zero-order chi connectivity index (χ0) is 60.2. The number of phosphoric acid groups is 2. The molecule has 0 bridgehead atoms. The average molecular weight is 1230 g/mol. The van der Waals surface area contributed by atoms with E-state index in [-0.39, 0.29) is 65.7 Å². The maximum absolute atomic E-state index is 14.3. The second-order valence-electron chi connectivity index (χ2n) is 20.2. The lowest BCUT2D eigenvalue weighted by molar-refractivity contribution is -0.159. The van der Waals surface area contributed by atoms with Crippen molar-refractivity contribution in [1.82, 2.24) is 45.0 Å². The Kier molecular flexibility index (Phi) is 22.5. The molecule has 2 aliphatic heterocycles. The van der Waals surface area contributed by atoms with Crippen LogP contribution < -0.4 is 33.1 Å². The molecule has 6 unspecified atom stereocenters. The van der Waals surface area contributed by atoms with Crippen molar-refractivity contribution < 1.29 is 85.4 Å². The van der Waals surface area contributed by atoms with Gasteiger partial charge in [0.2, 0.25) is 5.91 Å². The van der Waals surface area contributed by atoms with E-state index in [0.717, 1.165) is 10.9 Å². The van der Waals surface area contributed by atoms with Gasteiger partial charge in [-0.2, -0.15) is 4.98 Å². The number of aromatic nitrogens is 6. The molecule has 11 N–H and O–H groups in total. The third kappa shape index (κ3) is 19.8. The van der Waals surface area contributed by atoms with Gasteiger partial charge < -0.3 is 70.9 Å². The van der Waals surface area contributed by atoms with Gasteiger partial charge in [-0.15, -0.1) is 0 Å². The molecular weight excluding hydrogens is 1170 g/mol. The molecule has 82 heavy (non-hydrogen) atoms. The number of carbonyl (C=O) groups excluding carboxylic acids is 4. The van der Waals surface area contributed by atoms with Crippen LogP contribution >= 0.6 is 37.2 Å². The highest BCUT2D eigenvalue weighted by molar-refractivity contribution is 8.77. The van der Waals surface area contributed by atoms with Crippen molar-refractivity contribution in [1.29, 1.82) is 0 Å². The third-order valence-electron chi connectivity index (χ3n) is 11.5. The normalized spacial score (nSPS) is 21.6. The predicted octanol–water partition coefficient (Wildman–Crippen LogP) is 3.91. The van der Waals surface area contributed by atoms with E-state index in [2.05, 4.69) is 50.4 Å². The van der Waals surface area contributed by atoms with Crippen LogP contribution in [0, 0.1) is 0 Å². The molecule has 3 aromatic heterocycles. The number of nitrogens with one attached hydrogen (secondary N) is 3. The van der Waals surface area contributed by atoms with Crippen LogP contribution in [0.1, 0.15) is 85.2 Å². The zero-order valence-corrected chi connectivity index (χ0v) is 48.4. The van der Waals surface area contributed by atoms with Crippen molar-refractivity contribution >= 4 is 89.8 Å². The van der Waals surface area contributed by atoms with Crippen molar-refractivity contribution in [2.24, 2.45) is 5.11 Å². The Balaban J connectivity index is 1.15. The first-order chi connectivity index (χ1) is 38.5. The first-order valence-corrected chi connectivity index (χ1v) is 30.3. The van der Waals surface area contributed by atoms with Crippen molar-refractivity contribution in [3.63, 3.8) is 0 Å². The molecule has 0 radical (unpaired) electrons. The van der Waals surface area contributed by atoms with Crippen LogP contribution in [0.15, 0.2) is 59.1 Å². The lowest BCUT2D eigenvalue weighted by atomic mass is 10.1. The van der Waals surface area contributed by atoms with Crippen LogP contribution in [0.4, 0.5) is 26.9 Å². The van der Waals surface area contributed by atoms with E-state index in [9.17, 15) is 52.9 Å². The van der Waals surface area contributed by atoms with Crippen LogP contribution in [0.3, 0.4) is 0 Å². The van der Waals surface area contributed by atoms with E-state index < -0.39 is 126 Å². The second-order valence-corrected chi connectivity index (χ2v) is 26.0. The molecule has 6 rings (SSSR count). The molecule has 2 aliphatic rings. The lowest BCUT2D eigenvalue weighted by Gasteiger charge is -2.26. The monoisotopic (exact) mass is 1230 g/mol. The summed E-state index contributed by atoms with van der Waals surface area (Å²) < 4.78 is 71.3. The first-order valence-electron chi connectivity index (χ1n) is 25.0. The van der Waals surface area contributed by atoms with Crippen molar-refractivity contribution in [3.8, 4) is 0 Å². The van der Waals surface area contributed by atoms with Gasteiger partial charge in [0.25, 0.3) is 0 Å². The zero-order valence-electron chi connectivity index (χ0n) is 45.0. The molecule has 0 saturated carbocycles. The number of benzene rings is 1. The fourth-order valence-electron chi connectivity index (χ4n) is 7.83. The Labute approximate surface area is 475 Å². The summed E-state index contributed by atoms with van der Waals surface area (Å²) >= 11 is 0. The molecule has 37 heteroatoms. The number of phosphoric ester groups is 2. The molecule has 33 nitrogen and oxygen atoms in total. The van der Waals surface area contributed by atoms with Gasteiger partial charge in [-0.3, -0.25) is 27.5 Å². The van der Waals surface area contributed by atoms with Crippen molar-refractivity contribution in [3.05, 3.63) is 75.7 Å². The summed E-state index contributed by atoms with van der Waals surface area (Å²) in [5.41, 5.74) is 19.5. The number of rotatable bonds is 26. The van der Waals surface area contributed by atoms with E-state index in [1.807, 2.05) is 20.8 Å². The largest absolute Gasteiger partial charge is 0.472 e. The van der Waals surface area contributed by atoms with Gasteiger partial charge in [0.1, 0.15) is 72.6 Å². The number of esters is 1. The number of fused-ring (bicyclic) bond motifs is 1. The SMILES string of the molecule is CC(C)(C)OC(=O)N[C@H](CCCCNC(=O)C(CSSC(C)(C)C)NC(=O)OCc1ccc(N=[N+]=[N-])cc1)C(=O)OC1C(COP(=O)(O)O[C@H]2C[C@H](n3ccc(N)nc3=O)O[C@@H]2COP(=O)(O)O)OC(n2cnc3c(N)ncnc32)C1O. The van der Waals surface area contributed by atoms with E-state index in [0.29, 0.717) is 11.3 Å². The standard InChI is InChI=1S/C45H64N14O19P2S2/c1-44(2,3)77-43(65)53-26(9-7-8-15-49-38(61)27(21-81-82-45(4,5)6)54-42(64)71-18-24-10-12-25(13-11-24)56-57-48)40(62)76-35-30(75-39(34(35)60)59-23-52-33-36(47)50-22-51-37(33)59)20-73-80(69,70)78-28-17-32(58-16-14-31(46)55-41(58)63)74-29(28)19-72-79(66,67)68/h10-14,16,22-23,26-30,32,34-35,39,60H,7-9,15,17-21H2,1-6H3,(H,49,61)(H,53,65)(H,54,64)(H,69,70)(H2,46,55,63)(H2,47,50,51)(H2,66,67,68)/t26-,27?,28+,29-,30?,32-,34?,35?,39?/m1/s1. The van der Waals surface area contributed by atoms with Crippen molar-refractivity contribution in [2.45, 2.75) is 139 Å². The number of ether oxygens (including phenoxy) is 5. The van der Waals surface area contributed by atoms with Gasteiger partial charge in [-0.25, -0.2) is 43.3 Å². The van der Waals surface area contributed by atoms with Gasteiger partial charge in [0.05, 0.1) is 19.5 Å². The highest BCUT2D eigenvalue weighted by atomic mass is 33.1. The Bertz CT molecular complexity index is 3080. The molecule has 4 aromatic rings. The molecule has 3 amide bonds. The fraction of sp³-hybridized carbons (Fsp3) is 0.578. The summed E-state index contributed by atoms with van der Waals surface area (Å²) in [5.74, 6) is -1.70. The minimum absolute atomic E-state index is 0.0313. The molecule has 1 aromatic carbocycles. The van der Waals surface area contributed by atoms with Gasteiger partial charge in [-0.1, -0.05) is 71.7 Å². The molecule has 0 spiro atoms. The highest BCUT2D eigenvalue weighted by Crippen LogP contribution is 2.50. The molecule has 2 fully saturated rings. The smallest absolute Gasteiger partial charge is 0.455 e. The molecule has 450 valence electrons. The summed E-state index contributed by atoms with van der Waals surface area (Å²) in [4.78, 5) is 115. The number of nitrogens with two attached hydrogens (primary N) is 2. The number of amides is 3. The first kappa shape index (κ1) is 65.0. The fourth-order valence-corrected chi connectivity index (χ4v) is 11.6. The molecular formula is C45H64N14O19P2S2. The van der Waals surface area contributed by atoms with Crippen LogP contribution in [-0.4, -0.2) is 151 Å². The number of carbonyl (C=O) groups is 4. The van der Waals surface area contributed by atoms with Crippen LogP contribution in [0.25, 0.3) is 21.6 Å². The maximum atomic E-state index is 14.3. The van der Waals surface area contributed by atoms with Gasteiger partial charge >= 0.3 is 39.5 Å². The predicted molar refractivity (Wildman–Crippen MR) is 292 cm³/mol. The second kappa shape index (κ2) is 28.4. The van der Waals surface area contributed by atoms with Gasteiger partial charge in [0.15, 0.2) is 23.8 Å². The van der Waals surface area contributed by atoms with Crippen molar-refractivity contribution in [2.75, 3.05) is 37.0 Å². The van der Waals surface area contributed by atoms with E-state index in [4.69, 9.17) is 49.7 Å². The van der Waals surface area contributed by atoms with E-state index >= 15 is 0 Å². The lowest BCUT2D eigenvalue weighted by Crippen LogP contribution is -2.48. The average Bonchev–Trinajstić information content (AvgIpc) is 4.10. The quantitative estimate of drug-likeness (QED) is 0.00629. The Morgan fingerprint density at radius 3 is 2.32 bits per heavy atom. The van der Waals surface area contributed by atoms with E-state index in [1.54, 1.807) is 45.0 Å². The van der Waals surface area contributed by atoms with E-state index in [1.165, 1.54) is 44.7 Å². The number of nitrogen functional groups attached to an aromatic ring is 2. The maximum Gasteiger partial charge on any atom is 0.472 e. The number of aliphatic hydroxyl groups is 1. The number of nitrogens with zero attached hydrogens (tertiary/aromatic N) is 9. The van der Waals surface area contributed by atoms with Gasteiger partial charge in [0, 0.05) is 40.3 Å². The number of imidazole rings is 1. The van der Waals surface area contributed by atoms with Gasteiger partial charge in [-0.05, 0) is 57.2 Å². The molecule has 10 atom stereocenters. The summed E-state index contributed by atoms with van der Waals surface area (Å²) in [7, 11) is -7.60. The summed E-state index contributed by atoms with van der Waals surface area (Å²) in [6.07, 6.45) is -9.60.